The van der Waals surface area contributed by atoms with Crippen LogP contribution in [-0.2, 0) is 47.7 Å². The summed E-state index contributed by atoms with van der Waals surface area (Å²) in [6.45, 7) is 0.197. The summed E-state index contributed by atoms with van der Waals surface area (Å²) in [6, 6.07) is 28.1. The number of hydrogen-bond donors (Lipinski definition) is 21. The highest BCUT2D eigenvalue weighted by atomic mass is 31.2. The molecular weight excluding hydrogens is 1550 g/mol. The predicted octanol–water partition coefficient (Wildman–Crippen LogP) is -6.74. The minimum absolute atomic E-state index is 0.115. The van der Waals surface area contributed by atoms with Gasteiger partial charge >= 0.3 is 0 Å². The Morgan fingerprint density at radius 1 is 0.360 bits per heavy atom. The molecule has 3 amide bonds. The number of amides is 3. The average molecular weight is 1650 g/mol. The molecule has 1 fully saturated rings. The molecule has 0 spiro atoms. The van der Waals surface area contributed by atoms with E-state index in [2.05, 4.69) is 81.1 Å². The lowest BCUT2D eigenvalue weighted by atomic mass is 10.0. The molecule has 6 aromatic rings. The van der Waals surface area contributed by atoms with Gasteiger partial charge < -0.3 is 121 Å². The molecule has 0 radical (unpaired) electrons. The predicted molar refractivity (Wildman–Crippen MR) is 411 cm³/mol. The number of carbonyl (C=O) groups is 3. The van der Waals surface area contributed by atoms with Gasteiger partial charge in [0.15, 0.2) is 19.8 Å². The van der Waals surface area contributed by atoms with Crippen LogP contribution in [0.2, 0.25) is 0 Å². The van der Waals surface area contributed by atoms with Gasteiger partial charge in [0.25, 0.3) is 17.7 Å². The molecule has 1 saturated heterocycles. The van der Waals surface area contributed by atoms with E-state index in [0.717, 1.165) is 20.0 Å². The number of aliphatic hydroxyl groups is 15. The number of aliphatic hydroxyl groups excluding tert-OH is 15. The summed E-state index contributed by atoms with van der Waals surface area (Å²) in [5.41, 5.74) is 3.22. The molecule has 39 heteroatoms. The van der Waals surface area contributed by atoms with Gasteiger partial charge in [-0.05, 0) is 109 Å². The van der Waals surface area contributed by atoms with Crippen molar-refractivity contribution in [2.45, 2.75) is 92.9 Å². The summed E-state index contributed by atoms with van der Waals surface area (Å²) in [5, 5.41) is 153. The molecule has 3 aromatic heterocycles. The molecule has 21 N–H and O–H groups in total. The molecule has 0 saturated carbocycles. The number of nitrogens with one attached hydrogen (secondary N) is 3. The summed E-state index contributed by atoms with van der Waals surface area (Å²) < 4.78 is 57.0. The first-order valence-electron chi connectivity index (χ1n) is 35.5. The van der Waals surface area contributed by atoms with Crippen LogP contribution in [0.4, 0.5) is 0 Å². The van der Waals surface area contributed by atoms with Crippen molar-refractivity contribution in [2.24, 2.45) is 0 Å². The fraction of sp³-hybridized carbons (Fsp3) is 0.440. The molecule has 618 valence electrons. The molecule has 0 aliphatic carbocycles. The Bertz CT molecular complexity index is 4060. The Labute approximate surface area is 656 Å². The van der Waals surface area contributed by atoms with Crippen molar-refractivity contribution in [1.29, 1.82) is 0 Å². The number of aromatic nitrogens is 3. The molecule has 4 heterocycles. The molecule has 36 nitrogen and oxygen atoms in total. The first-order valence-corrected chi connectivity index (χ1v) is 41.9. The Balaban J connectivity index is 1.11. The van der Waals surface area contributed by atoms with Crippen molar-refractivity contribution in [3.63, 3.8) is 0 Å². The topological polar surface area (TPSA) is 579 Å². The normalized spacial score (nSPS) is 17.8. The van der Waals surface area contributed by atoms with E-state index in [4.69, 9.17) is 29.5 Å². The maximum Gasteiger partial charge on any atom is 0.258 e. The zero-order valence-corrected chi connectivity index (χ0v) is 65.0. The van der Waals surface area contributed by atoms with Gasteiger partial charge in [0.05, 0.1) is 55.2 Å². The highest BCUT2D eigenvalue weighted by Crippen LogP contribution is 2.35. The average Bonchev–Trinajstić information content (AvgIpc) is 1.05. The molecular formula is C75H96N9O27P3. The molecule has 1 aliphatic heterocycles. The summed E-state index contributed by atoms with van der Waals surface area (Å²) in [5.74, 6) is 16.9. The second-order valence-corrected chi connectivity index (χ2v) is 33.7. The first-order chi connectivity index (χ1) is 53.9. The van der Waals surface area contributed by atoms with E-state index in [-0.39, 0.29) is 53.2 Å². The third-order valence-corrected chi connectivity index (χ3v) is 20.7. The number of hydrogen-bond acceptors (Lipinski definition) is 30. The Morgan fingerprint density at radius 3 is 0.781 bits per heavy atom. The molecule has 114 heavy (non-hydrogen) atoms. The van der Waals surface area contributed by atoms with E-state index in [1.807, 2.05) is 0 Å². The van der Waals surface area contributed by atoms with Gasteiger partial charge in [-0.25, -0.2) is 15.0 Å². The summed E-state index contributed by atoms with van der Waals surface area (Å²) >= 11 is 0. The van der Waals surface area contributed by atoms with Crippen LogP contribution in [0.15, 0.2) is 109 Å². The smallest absolute Gasteiger partial charge is 0.258 e. The standard InChI is InChI=1S/C75H96N9O27P3/c1-112(103,104)67-31-49(7-4-46-10-16-55(17-11-46)109-43-64(94)76-34-58(88)70(97)73(100)61(91)40-85)28-52(79-67)37-82-22-24-83(38-53-29-50(32-68(80-53)113(2,105)106)8-5-47-12-18-56(19-13-47)110-44-65(95)77-35-59(89)71(98)74(101)62(92)41-86)26-27-84(25-23-82)39-54-30-51(33-69(81-54)114(3,107)108)9-6-48-14-20-57(21-15-48)111-45-66(96)78-36-60(90)72(99)75(102)63(93)42-87/h10-21,28-33,58-63,70-75,85-93,97-102H,22-27,34-45H2,1-3H3,(H,76,94)(H,77,95)(H,78,96)(H,103,104)(H,105,106)(H,107,108)/t58-,59-,60-,61+,62+,63+,70+,71+,72+,73+,74+,75+/m0/s1. The number of nitrogens with zero attached hydrogens (tertiary/aromatic N) is 6. The lowest BCUT2D eigenvalue weighted by Crippen LogP contribution is -2.50. The lowest BCUT2D eigenvalue weighted by Gasteiger charge is -2.26. The molecule has 7 rings (SSSR count). The fourth-order valence-electron chi connectivity index (χ4n) is 10.8. The van der Waals surface area contributed by atoms with Gasteiger partial charge in [-0.3, -0.25) is 42.8 Å². The minimum Gasteiger partial charge on any atom is -0.484 e. The molecule has 1 aliphatic rings. The van der Waals surface area contributed by atoms with Gasteiger partial charge in [0, 0.05) is 132 Å². The third-order valence-electron chi connectivity index (χ3n) is 17.5. The van der Waals surface area contributed by atoms with E-state index < -0.39 is 172 Å². The second-order valence-electron chi connectivity index (χ2n) is 27.1. The van der Waals surface area contributed by atoms with E-state index >= 15 is 0 Å². The van der Waals surface area contributed by atoms with Gasteiger partial charge in [-0.1, -0.05) is 35.5 Å². The highest BCUT2D eigenvalue weighted by Gasteiger charge is 2.34. The van der Waals surface area contributed by atoms with Crippen molar-refractivity contribution in [3.05, 3.63) is 160 Å². The number of rotatable bonds is 36. The Hall–Kier alpha value is -8.55. The summed E-state index contributed by atoms with van der Waals surface area (Å²) in [7, 11) is -12.1. The van der Waals surface area contributed by atoms with Crippen LogP contribution in [0.25, 0.3) is 0 Å². The quantitative estimate of drug-likeness (QED) is 0.0128. The van der Waals surface area contributed by atoms with Crippen LogP contribution >= 0.6 is 22.1 Å². The highest BCUT2D eigenvalue weighted by molar-refractivity contribution is 7.65. The molecule has 0 bridgehead atoms. The van der Waals surface area contributed by atoms with Crippen LogP contribution < -0.4 is 46.5 Å². The van der Waals surface area contributed by atoms with Crippen LogP contribution in [0, 0.1) is 35.5 Å². The summed E-state index contributed by atoms with van der Waals surface area (Å²) in [6.07, 6.45) is -21.5. The van der Waals surface area contributed by atoms with E-state index in [9.17, 15) is 104 Å². The largest absolute Gasteiger partial charge is 0.484 e. The van der Waals surface area contributed by atoms with Gasteiger partial charge in [-0.15, -0.1) is 0 Å². The third kappa shape index (κ3) is 30.3. The van der Waals surface area contributed by atoms with Crippen molar-refractivity contribution < 1.29 is 134 Å². The minimum atomic E-state index is -4.03. The monoisotopic (exact) mass is 1650 g/mol. The van der Waals surface area contributed by atoms with Crippen LogP contribution in [-0.4, -0.2) is 330 Å². The SMILES string of the molecule is CP(=O)(O)c1cc(C#Cc2ccc(OCC(=O)NC[C@H](O)[C@@H](O)[C@H](O)[C@H](O)CO)cc2)cc(CN2CCN(Cc3cc(C#Cc4ccc(OCC(=O)NC[C@H](O)[C@@H](O)[C@H](O)[C@H](O)CO)cc4)cc(P(C)(=O)O)n3)CCN(Cc3cc(C#Cc4ccc(OCC(=O)NC[C@H](O)[C@@H](O)[C@H](O)[C@H](O)CO)cc4)cc(P(C)(=O)O)n3)CC2)n1. The van der Waals surface area contributed by atoms with Crippen molar-refractivity contribution in [1.82, 2.24) is 45.6 Å². The zero-order chi connectivity index (χ0) is 83.6. The fourth-order valence-corrected chi connectivity index (χ4v) is 12.9. The van der Waals surface area contributed by atoms with Crippen molar-refractivity contribution in [3.8, 4) is 52.8 Å². The molecule has 3 aromatic carbocycles. The molecule has 3 unspecified atom stereocenters. The first kappa shape index (κ1) is 92.6. The van der Waals surface area contributed by atoms with Gasteiger partial charge in [0.2, 0.25) is 22.1 Å². The maximum absolute atomic E-state index is 13.4. The Kier molecular flexibility index (Phi) is 35.7. The van der Waals surface area contributed by atoms with Gasteiger partial charge in [0.1, 0.15) is 88.5 Å². The number of carbonyl (C=O) groups excluding carboxylic acids is 3. The van der Waals surface area contributed by atoms with Gasteiger partial charge in [-0.2, -0.15) is 0 Å². The Morgan fingerprint density at radius 2 is 0.570 bits per heavy atom. The second kappa shape index (κ2) is 44.0. The van der Waals surface area contributed by atoms with Crippen LogP contribution in [0.5, 0.6) is 17.2 Å². The zero-order valence-electron chi connectivity index (χ0n) is 62.3. The number of ether oxygens (including phenoxy) is 3. The van der Waals surface area contributed by atoms with Crippen molar-refractivity contribution >= 4 is 56.1 Å². The number of benzene rings is 3. The lowest BCUT2D eigenvalue weighted by molar-refractivity contribution is -0.128. The van der Waals surface area contributed by atoms with E-state index in [1.54, 1.807) is 54.6 Å². The van der Waals surface area contributed by atoms with Crippen molar-refractivity contribution in [2.75, 3.05) is 119 Å². The van der Waals surface area contributed by atoms with E-state index in [1.165, 1.54) is 54.6 Å². The number of pyridine rings is 3. The van der Waals surface area contributed by atoms with E-state index in [0.29, 0.717) is 89.7 Å². The molecule has 15 atom stereocenters. The van der Waals surface area contributed by atoms with Crippen LogP contribution in [0.1, 0.15) is 50.5 Å². The van der Waals surface area contributed by atoms with Crippen LogP contribution in [0.3, 0.4) is 0 Å². The summed E-state index contributed by atoms with van der Waals surface area (Å²) in [4.78, 5) is 90.6. The maximum atomic E-state index is 13.4.